The van der Waals surface area contributed by atoms with E-state index >= 15 is 0 Å². The molecule has 0 spiro atoms. The lowest BCUT2D eigenvalue weighted by Crippen LogP contribution is -2.07. The molecule has 0 aliphatic carbocycles. The third-order valence-electron chi connectivity index (χ3n) is 4.42. The molecule has 0 N–H and O–H groups in total. The van der Waals surface area contributed by atoms with Crippen molar-refractivity contribution < 1.29 is 14.3 Å². The van der Waals surface area contributed by atoms with E-state index in [2.05, 4.69) is 0 Å². The van der Waals surface area contributed by atoms with Crippen molar-refractivity contribution in [2.24, 2.45) is 0 Å². The summed E-state index contributed by atoms with van der Waals surface area (Å²) in [6.45, 7) is 6.08. The van der Waals surface area contributed by atoms with E-state index in [1.165, 1.54) is 0 Å². The second kappa shape index (κ2) is 7.32. The van der Waals surface area contributed by atoms with Crippen molar-refractivity contribution in [3.63, 3.8) is 0 Å². The van der Waals surface area contributed by atoms with Gasteiger partial charge in [-0.25, -0.2) is 0 Å². The molecular formula is C20H24O3. The minimum Gasteiger partial charge on any atom is -0.496 e. The Balaban J connectivity index is 2.32. The Kier molecular flexibility index (Phi) is 5.43. The summed E-state index contributed by atoms with van der Waals surface area (Å²) >= 11 is 0. The largest absolute Gasteiger partial charge is 0.496 e. The number of ketones is 1. The van der Waals surface area contributed by atoms with E-state index in [0.717, 1.165) is 39.3 Å². The van der Waals surface area contributed by atoms with Crippen LogP contribution in [0.25, 0.3) is 0 Å². The molecular weight excluding hydrogens is 288 g/mol. The fourth-order valence-electron chi connectivity index (χ4n) is 3.05. The van der Waals surface area contributed by atoms with Crippen LogP contribution in [-0.4, -0.2) is 20.0 Å². The molecule has 0 aliphatic rings. The van der Waals surface area contributed by atoms with Crippen LogP contribution in [0.15, 0.2) is 30.3 Å². The Morgan fingerprint density at radius 2 is 1.43 bits per heavy atom. The van der Waals surface area contributed by atoms with Crippen molar-refractivity contribution in [1.82, 2.24) is 0 Å². The van der Waals surface area contributed by atoms with Crippen molar-refractivity contribution in [1.29, 1.82) is 0 Å². The van der Waals surface area contributed by atoms with Gasteiger partial charge in [-0.05, 0) is 43.9 Å². The van der Waals surface area contributed by atoms with Crippen LogP contribution in [0.2, 0.25) is 0 Å². The molecule has 0 heterocycles. The number of ether oxygens (including phenoxy) is 2. The lowest BCUT2D eigenvalue weighted by atomic mass is 9.93. The Hall–Kier alpha value is -2.29. The highest BCUT2D eigenvalue weighted by Gasteiger charge is 2.19. The van der Waals surface area contributed by atoms with Crippen LogP contribution < -0.4 is 9.47 Å². The highest BCUT2D eigenvalue weighted by molar-refractivity contribution is 5.96. The first kappa shape index (κ1) is 17.1. The maximum Gasteiger partial charge on any atom is 0.163 e. The predicted octanol–water partition coefficient (Wildman–Crippen LogP) is 4.44. The van der Waals surface area contributed by atoms with E-state index in [9.17, 15) is 4.79 Å². The van der Waals surface area contributed by atoms with Gasteiger partial charge in [-0.3, -0.25) is 4.79 Å². The van der Waals surface area contributed by atoms with Crippen LogP contribution in [-0.2, 0) is 6.42 Å². The summed E-state index contributed by atoms with van der Waals surface area (Å²) in [5.74, 6) is 1.89. The maximum absolute atomic E-state index is 12.4. The van der Waals surface area contributed by atoms with E-state index in [1.807, 2.05) is 51.1 Å². The Bertz CT molecular complexity index is 703. The molecule has 0 saturated heterocycles. The summed E-state index contributed by atoms with van der Waals surface area (Å²) in [6, 6.07) is 9.40. The SMILES string of the molecule is COc1c(C)c(C)c(OC)c(CCC(=O)c2ccccc2)c1C. The fourth-order valence-corrected chi connectivity index (χ4v) is 3.05. The molecule has 0 amide bonds. The first-order valence-electron chi connectivity index (χ1n) is 7.80. The summed E-state index contributed by atoms with van der Waals surface area (Å²) in [4.78, 5) is 12.4. The van der Waals surface area contributed by atoms with Gasteiger partial charge in [0.1, 0.15) is 11.5 Å². The average Bonchev–Trinajstić information content (AvgIpc) is 2.58. The smallest absolute Gasteiger partial charge is 0.163 e. The molecule has 0 aromatic heterocycles. The summed E-state index contributed by atoms with van der Waals surface area (Å²) < 4.78 is 11.2. The number of rotatable bonds is 6. The normalized spacial score (nSPS) is 10.5. The first-order valence-corrected chi connectivity index (χ1v) is 7.80. The molecule has 2 aromatic carbocycles. The van der Waals surface area contributed by atoms with Gasteiger partial charge < -0.3 is 9.47 Å². The van der Waals surface area contributed by atoms with Crippen LogP contribution in [0, 0.1) is 20.8 Å². The van der Waals surface area contributed by atoms with E-state index in [4.69, 9.17) is 9.47 Å². The van der Waals surface area contributed by atoms with Crippen LogP contribution in [0.4, 0.5) is 0 Å². The minimum absolute atomic E-state index is 0.143. The van der Waals surface area contributed by atoms with Crippen LogP contribution in [0.3, 0.4) is 0 Å². The lowest BCUT2D eigenvalue weighted by molar-refractivity contribution is 0.0982. The zero-order valence-electron chi connectivity index (χ0n) is 14.5. The zero-order valence-corrected chi connectivity index (χ0v) is 14.5. The first-order chi connectivity index (χ1) is 11.0. The molecule has 0 saturated carbocycles. The van der Waals surface area contributed by atoms with E-state index in [-0.39, 0.29) is 5.78 Å². The Morgan fingerprint density at radius 3 is 2.00 bits per heavy atom. The highest BCUT2D eigenvalue weighted by atomic mass is 16.5. The van der Waals surface area contributed by atoms with Gasteiger partial charge in [0.15, 0.2) is 5.78 Å². The molecule has 2 rings (SSSR count). The Morgan fingerprint density at radius 1 is 0.870 bits per heavy atom. The van der Waals surface area contributed by atoms with Gasteiger partial charge in [0.2, 0.25) is 0 Å². The lowest BCUT2D eigenvalue weighted by Gasteiger charge is -2.20. The molecule has 23 heavy (non-hydrogen) atoms. The van der Waals surface area contributed by atoms with Gasteiger partial charge in [0.05, 0.1) is 14.2 Å². The predicted molar refractivity (Wildman–Crippen MR) is 92.9 cm³/mol. The number of hydrogen-bond donors (Lipinski definition) is 0. The molecule has 3 nitrogen and oxygen atoms in total. The number of Topliss-reactive ketones (excluding diaryl/α,β-unsaturated/α-hetero) is 1. The standard InChI is InChI=1S/C20H24O3/c1-13-14(2)20(23-5)17(15(3)19(13)22-4)11-12-18(21)16-9-7-6-8-10-16/h6-10H,11-12H2,1-5H3. The van der Waals surface area contributed by atoms with Crippen molar-refractivity contribution in [2.45, 2.75) is 33.6 Å². The van der Waals surface area contributed by atoms with Crippen molar-refractivity contribution in [2.75, 3.05) is 14.2 Å². The van der Waals surface area contributed by atoms with Gasteiger partial charge in [0.25, 0.3) is 0 Å². The van der Waals surface area contributed by atoms with E-state index < -0.39 is 0 Å². The molecule has 122 valence electrons. The third kappa shape index (κ3) is 3.39. The van der Waals surface area contributed by atoms with Gasteiger partial charge in [-0.15, -0.1) is 0 Å². The molecule has 0 bridgehead atoms. The van der Waals surface area contributed by atoms with Crippen LogP contribution in [0.1, 0.15) is 39.0 Å². The maximum atomic E-state index is 12.4. The van der Waals surface area contributed by atoms with Crippen LogP contribution in [0.5, 0.6) is 11.5 Å². The van der Waals surface area contributed by atoms with Crippen molar-refractivity contribution >= 4 is 5.78 Å². The fraction of sp³-hybridized carbons (Fsp3) is 0.350. The van der Waals surface area contributed by atoms with Crippen LogP contribution >= 0.6 is 0 Å². The quantitative estimate of drug-likeness (QED) is 0.740. The van der Waals surface area contributed by atoms with Gasteiger partial charge in [-0.2, -0.15) is 0 Å². The van der Waals surface area contributed by atoms with Gasteiger partial charge in [-0.1, -0.05) is 30.3 Å². The van der Waals surface area contributed by atoms with Gasteiger partial charge in [0, 0.05) is 17.5 Å². The molecule has 0 radical (unpaired) electrons. The number of benzene rings is 2. The van der Waals surface area contributed by atoms with Crippen molar-refractivity contribution in [3.8, 4) is 11.5 Å². The highest BCUT2D eigenvalue weighted by Crippen LogP contribution is 2.38. The molecule has 0 fully saturated rings. The second-order valence-corrected chi connectivity index (χ2v) is 5.71. The summed E-state index contributed by atoms with van der Waals surface area (Å²) in [7, 11) is 3.36. The number of carbonyl (C=O) groups excluding carboxylic acids is 1. The Labute approximate surface area is 138 Å². The minimum atomic E-state index is 0.143. The molecule has 0 aliphatic heterocycles. The monoisotopic (exact) mass is 312 g/mol. The number of methoxy groups -OCH3 is 2. The summed E-state index contributed by atoms with van der Waals surface area (Å²) in [5.41, 5.74) is 5.00. The zero-order chi connectivity index (χ0) is 17.0. The third-order valence-corrected chi connectivity index (χ3v) is 4.42. The molecule has 0 unspecified atom stereocenters. The summed E-state index contributed by atoms with van der Waals surface area (Å²) in [6.07, 6.45) is 1.09. The van der Waals surface area contributed by atoms with E-state index in [1.54, 1.807) is 14.2 Å². The second-order valence-electron chi connectivity index (χ2n) is 5.71. The number of carbonyl (C=O) groups is 1. The van der Waals surface area contributed by atoms with E-state index in [0.29, 0.717) is 12.8 Å². The average molecular weight is 312 g/mol. The number of hydrogen-bond acceptors (Lipinski definition) is 3. The van der Waals surface area contributed by atoms with Crippen molar-refractivity contribution in [3.05, 3.63) is 58.1 Å². The topological polar surface area (TPSA) is 35.5 Å². The summed E-state index contributed by atoms with van der Waals surface area (Å²) in [5, 5.41) is 0. The molecule has 3 heteroatoms. The molecule has 0 atom stereocenters. The molecule has 2 aromatic rings. The van der Waals surface area contributed by atoms with Gasteiger partial charge >= 0.3 is 0 Å².